The molecule has 2 aliphatic rings. The van der Waals surface area contributed by atoms with E-state index in [0.717, 1.165) is 31.5 Å². The Balaban J connectivity index is 1.48. The van der Waals surface area contributed by atoms with E-state index in [0.29, 0.717) is 51.8 Å². The fourth-order valence-corrected chi connectivity index (χ4v) is 5.02. The Kier molecular flexibility index (Phi) is 5.96. The second kappa shape index (κ2) is 9.04. The van der Waals surface area contributed by atoms with Gasteiger partial charge in [-0.2, -0.15) is 20.0 Å². The first kappa shape index (κ1) is 21.7. The van der Waals surface area contributed by atoms with Crippen molar-refractivity contribution in [2.75, 3.05) is 35.2 Å². The molecule has 1 aromatic carbocycles. The fraction of sp³-hybridized carbons (Fsp3) is 0.381. The maximum atomic E-state index is 11.7. The van der Waals surface area contributed by atoms with Gasteiger partial charge in [-0.1, -0.05) is 22.8 Å². The molecule has 0 amide bonds. The maximum Gasteiger partial charge on any atom is 0.247 e. The first-order chi connectivity index (χ1) is 16.0. The quantitative estimate of drug-likeness (QED) is 0.507. The van der Waals surface area contributed by atoms with E-state index in [1.807, 2.05) is 0 Å². The average Bonchev–Trinajstić information content (AvgIpc) is 3.53. The van der Waals surface area contributed by atoms with Crippen molar-refractivity contribution in [1.29, 1.82) is 10.5 Å². The van der Waals surface area contributed by atoms with Crippen molar-refractivity contribution in [3.05, 3.63) is 40.2 Å². The summed E-state index contributed by atoms with van der Waals surface area (Å²) < 4.78 is 13.1. The maximum absolute atomic E-state index is 11.7. The molecule has 0 spiro atoms. The minimum Gasteiger partial charge on any atom is -0.616 e. The summed E-state index contributed by atoms with van der Waals surface area (Å²) in [5.74, 6) is 2.04. The smallest absolute Gasteiger partial charge is 0.247 e. The van der Waals surface area contributed by atoms with Crippen molar-refractivity contribution in [1.82, 2.24) is 24.5 Å². The molecule has 0 unspecified atom stereocenters. The van der Waals surface area contributed by atoms with Crippen molar-refractivity contribution in [2.45, 2.75) is 25.4 Å². The lowest BCUT2D eigenvalue weighted by atomic mass is 10.1. The van der Waals surface area contributed by atoms with E-state index in [1.165, 1.54) is 10.7 Å². The van der Waals surface area contributed by atoms with E-state index in [4.69, 9.17) is 11.6 Å². The number of fused-ring (bicyclic) bond motifs is 1. The molecule has 168 valence electrons. The predicted molar refractivity (Wildman–Crippen MR) is 125 cm³/mol. The van der Waals surface area contributed by atoms with Crippen molar-refractivity contribution >= 4 is 45.9 Å². The molecular formula is C21H20ClN9OS. The molecule has 1 aliphatic heterocycles. The third-order valence-electron chi connectivity index (χ3n) is 5.58. The third-order valence-corrected chi connectivity index (χ3v) is 7.30. The van der Waals surface area contributed by atoms with E-state index < -0.39 is 11.2 Å². The van der Waals surface area contributed by atoms with Crippen molar-refractivity contribution in [3.63, 3.8) is 0 Å². The zero-order valence-electron chi connectivity index (χ0n) is 17.6. The molecule has 12 heteroatoms. The van der Waals surface area contributed by atoms with Gasteiger partial charge in [-0.15, -0.1) is 5.10 Å². The number of imidazole rings is 1. The molecule has 1 saturated heterocycles. The summed E-state index contributed by atoms with van der Waals surface area (Å²) in [5.41, 5.74) is 2.51. The van der Waals surface area contributed by atoms with Gasteiger partial charge in [0.15, 0.2) is 17.2 Å². The Hall–Kier alpha value is -3.09. The first-order valence-corrected chi connectivity index (χ1v) is 12.4. The number of hydrogen-bond acceptors (Lipinski definition) is 9. The second-order valence-electron chi connectivity index (χ2n) is 8.05. The molecule has 33 heavy (non-hydrogen) atoms. The zero-order chi connectivity index (χ0) is 22.9. The van der Waals surface area contributed by atoms with Crippen LogP contribution in [0.25, 0.3) is 5.65 Å². The van der Waals surface area contributed by atoms with Gasteiger partial charge in [-0.25, -0.2) is 4.98 Å². The molecule has 0 bridgehead atoms. The molecular weight excluding hydrogens is 462 g/mol. The molecule has 5 rings (SSSR count). The Morgan fingerprint density at radius 1 is 1.21 bits per heavy atom. The van der Waals surface area contributed by atoms with Gasteiger partial charge in [0.05, 0.1) is 28.5 Å². The van der Waals surface area contributed by atoms with Crippen LogP contribution in [-0.4, -0.2) is 59.7 Å². The molecule has 2 fully saturated rings. The summed E-state index contributed by atoms with van der Waals surface area (Å²) in [6.45, 7) is 1.99. The van der Waals surface area contributed by atoms with E-state index >= 15 is 0 Å². The summed E-state index contributed by atoms with van der Waals surface area (Å²) in [4.78, 5) is 11.0. The van der Waals surface area contributed by atoms with Crippen molar-refractivity contribution in [2.24, 2.45) is 0 Å². The number of nitrogens with zero attached hydrogens (tertiary/aromatic N) is 7. The minimum atomic E-state index is -0.767. The average molecular weight is 482 g/mol. The van der Waals surface area contributed by atoms with Crippen LogP contribution in [0.5, 0.6) is 0 Å². The van der Waals surface area contributed by atoms with Crippen LogP contribution in [0.2, 0.25) is 5.02 Å². The van der Waals surface area contributed by atoms with Crippen LogP contribution in [0.3, 0.4) is 0 Å². The van der Waals surface area contributed by atoms with Gasteiger partial charge in [-0.05, 0) is 30.5 Å². The third kappa shape index (κ3) is 4.68. The van der Waals surface area contributed by atoms with Gasteiger partial charge < -0.3 is 15.2 Å². The lowest BCUT2D eigenvalue weighted by Crippen LogP contribution is -2.39. The molecule has 3 heterocycles. The monoisotopic (exact) mass is 481 g/mol. The van der Waals surface area contributed by atoms with Crippen LogP contribution in [0, 0.1) is 22.7 Å². The number of benzene rings is 1. The number of halogens is 1. The predicted octanol–water partition coefficient (Wildman–Crippen LogP) is 2.40. The number of aromatic nitrogens is 4. The number of rotatable bonds is 6. The molecule has 0 radical (unpaired) electrons. The van der Waals surface area contributed by atoms with Gasteiger partial charge >= 0.3 is 0 Å². The Labute approximate surface area is 198 Å². The van der Waals surface area contributed by atoms with Crippen LogP contribution in [0.4, 0.5) is 17.5 Å². The highest BCUT2D eigenvalue weighted by Crippen LogP contribution is 2.32. The molecule has 2 aromatic heterocycles. The van der Waals surface area contributed by atoms with Crippen LogP contribution in [-0.2, 0) is 17.7 Å². The van der Waals surface area contributed by atoms with Crippen LogP contribution < -0.4 is 10.6 Å². The summed E-state index contributed by atoms with van der Waals surface area (Å²) in [7, 11) is 0. The standard InChI is InChI=1S/C21H20ClN9OS/c22-18-14(12-30-3-5-33(32)6-4-30)7-13(9-23)8-17(18)27-21-28-19(26-15-1-2-15)20-25-11-16(10-24)31(20)29-21/h7-8,11,15H,1-6,12H2,(H2,26,27,28,29). The number of hydrogen-bond donors (Lipinski definition) is 2. The number of anilines is 3. The summed E-state index contributed by atoms with van der Waals surface area (Å²) >= 11 is 5.96. The minimum absolute atomic E-state index is 0.233. The lowest BCUT2D eigenvalue weighted by molar-refractivity contribution is 0.288. The van der Waals surface area contributed by atoms with Gasteiger partial charge in [0.2, 0.25) is 5.95 Å². The molecule has 3 aromatic rings. The normalized spacial score (nSPS) is 17.0. The van der Waals surface area contributed by atoms with Crippen LogP contribution >= 0.6 is 11.6 Å². The highest BCUT2D eigenvalue weighted by atomic mass is 35.5. The van der Waals surface area contributed by atoms with Crippen molar-refractivity contribution < 1.29 is 4.55 Å². The molecule has 10 nitrogen and oxygen atoms in total. The van der Waals surface area contributed by atoms with E-state index in [1.54, 1.807) is 12.1 Å². The van der Waals surface area contributed by atoms with Gasteiger partial charge in [0.1, 0.15) is 17.6 Å². The molecule has 1 saturated carbocycles. The SMILES string of the molecule is N#Cc1cc(CN2CC[S+]([O-])CC2)c(Cl)c(Nc2nc(NC3CC3)c3ncc(C#N)n3n2)c1. The topological polar surface area (TPSA) is 141 Å². The largest absolute Gasteiger partial charge is 0.616 e. The highest BCUT2D eigenvalue weighted by molar-refractivity contribution is 7.91. The Bertz CT molecular complexity index is 1290. The van der Waals surface area contributed by atoms with Gasteiger partial charge in [0, 0.05) is 25.7 Å². The van der Waals surface area contributed by atoms with Gasteiger partial charge in [0.25, 0.3) is 0 Å². The Morgan fingerprint density at radius 3 is 2.70 bits per heavy atom. The van der Waals surface area contributed by atoms with Crippen molar-refractivity contribution in [3.8, 4) is 12.1 Å². The summed E-state index contributed by atoms with van der Waals surface area (Å²) in [6.07, 6.45) is 3.56. The molecule has 0 atom stereocenters. The van der Waals surface area contributed by atoms with Gasteiger partial charge in [-0.3, -0.25) is 4.90 Å². The van der Waals surface area contributed by atoms with E-state index in [9.17, 15) is 15.1 Å². The fourth-order valence-electron chi connectivity index (χ4n) is 3.68. The first-order valence-electron chi connectivity index (χ1n) is 10.5. The zero-order valence-corrected chi connectivity index (χ0v) is 19.2. The lowest BCUT2D eigenvalue weighted by Gasteiger charge is -2.28. The summed E-state index contributed by atoms with van der Waals surface area (Å²) in [5, 5.41) is 30.3. The number of nitrogens with one attached hydrogen (secondary N) is 2. The molecule has 1 aliphatic carbocycles. The molecule has 2 N–H and O–H groups in total. The van der Waals surface area contributed by atoms with Crippen LogP contribution in [0.15, 0.2) is 18.3 Å². The van der Waals surface area contributed by atoms with E-state index in [-0.39, 0.29) is 11.6 Å². The second-order valence-corrected chi connectivity index (χ2v) is 10.1. The highest BCUT2D eigenvalue weighted by Gasteiger charge is 2.25. The Morgan fingerprint density at radius 2 is 2.00 bits per heavy atom. The number of nitriles is 2. The van der Waals surface area contributed by atoms with E-state index in [2.05, 4.69) is 42.7 Å². The summed E-state index contributed by atoms with van der Waals surface area (Å²) in [6, 6.07) is 8.01. The van der Waals surface area contributed by atoms with Crippen LogP contribution in [0.1, 0.15) is 29.7 Å².